The zero-order valence-corrected chi connectivity index (χ0v) is 25.3. The lowest BCUT2D eigenvalue weighted by atomic mass is 10.0. The summed E-state index contributed by atoms with van der Waals surface area (Å²) < 4.78 is 5.35. The Morgan fingerprint density at radius 2 is 0.923 bits per heavy atom. The summed E-state index contributed by atoms with van der Waals surface area (Å²) in [5.74, 6) is 0.333. The van der Waals surface area contributed by atoms with Gasteiger partial charge in [-0.25, -0.2) is 0 Å². The Morgan fingerprint density at radius 3 is 1.33 bits per heavy atom. The molecule has 210 valence electrons. The molecule has 0 N–H and O–H groups in total. The van der Waals surface area contributed by atoms with E-state index in [1.807, 2.05) is 12.1 Å². The Balaban J connectivity index is 1.59. The lowest BCUT2D eigenvalue weighted by Gasteiger charge is -2.28. The van der Waals surface area contributed by atoms with Crippen LogP contribution in [-0.4, -0.2) is 12.1 Å². The van der Waals surface area contributed by atoms with E-state index in [4.69, 9.17) is 4.74 Å². The van der Waals surface area contributed by atoms with Crippen molar-refractivity contribution in [2.24, 2.45) is 0 Å². The first-order chi connectivity index (χ1) is 19.2. The van der Waals surface area contributed by atoms with Crippen LogP contribution >= 0.6 is 7.26 Å². The second-order valence-corrected chi connectivity index (χ2v) is 14.5. The van der Waals surface area contributed by atoms with Gasteiger partial charge in [-0.05, 0) is 61.4 Å². The zero-order chi connectivity index (χ0) is 27.6. The van der Waals surface area contributed by atoms with E-state index < -0.39 is 7.26 Å². The van der Waals surface area contributed by atoms with E-state index in [1.54, 1.807) is 0 Å². The van der Waals surface area contributed by atoms with E-state index in [1.165, 1.54) is 113 Å². The Morgan fingerprint density at radius 1 is 0.538 bits per heavy atom. The average Bonchev–Trinajstić information content (AvgIpc) is 2.96. The topological polar surface area (TPSA) is 26.3 Å². The number of carbonyl (C=O) groups is 1. The van der Waals surface area contributed by atoms with E-state index >= 15 is 0 Å². The molecule has 3 rings (SSSR count). The third-order valence-corrected chi connectivity index (χ3v) is 12.3. The average molecular weight is 546 g/mol. The summed E-state index contributed by atoms with van der Waals surface area (Å²) in [6, 6.07) is 30.5. The van der Waals surface area contributed by atoms with E-state index in [-0.39, 0.29) is 5.97 Å². The highest BCUT2D eigenvalue weighted by molar-refractivity contribution is 7.95. The lowest BCUT2D eigenvalue weighted by molar-refractivity contribution is -0.131. The largest absolute Gasteiger partial charge is 0.427 e. The van der Waals surface area contributed by atoms with Crippen LogP contribution in [0.1, 0.15) is 104 Å². The molecule has 0 bridgehead atoms. The third-order valence-electron chi connectivity index (χ3n) is 7.78. The van der Waals surface area contributed by atoms with Gasteiger partial charge < -0.3 is 4.74 Å². The SMILES string of the molecule is CCCCCCCCCCCCCCCC[P+](c1ccccc1)(c1ccccc1)c1ccc(OC(C)=O)cc1. The van der Waals surface area contributed by atoms with Crippen molar-refractivity contribution >= 4 is 29.1 Å². The Bertz CT molecular complexity index is 1010. The summed E-state index contributed by atoms with van der Waals surface area (Å²) in [4.78, 5) is 11.5. The molecule has 0 aliphatic heterocycles. The van der Waals surface area contributed by atoms with Gasteiger partial charge in [0.15, 0.2) is 0 Å². The second kappa shape index (κ2) is 18.0. The summed E-state index contributed by atoms with van der Waals surface area (Å²) in [6.45, 7) is 3.74. The molecule has 0 unspecified atom stereocenters. The predicted molar refractivity (Wildman–Crippen MR) is 172 cm³/mol. The Hall–Kier alpha value is -2.44. The van der Waals surface area contributed by atoms with E-state index in [9.17, 15) is 4.79 Å². The minimum Gasteiger partial charge on any atom is -0.427 e. The van der Waals surface area contributed by atoms with Gasteiger partial charge in [0, 0.05) is 6.92 Å². The minimum atomic E-state index is -1.83. The quantitative estimate of drug-likeness (QED) is 0.0649. The molecule has 0 aromatic heterocycles. The number of unbranched alkanes of at least 4 members (excludes halogenated alkanes) is 13. The van der Waals surface area contributed by atoms with Crippen LogP contribution in [0.5, 0.6) is 5.75 Å². The molecule has 39 heavy (non-hydrogen) atoms. The predicted octanol–water partition coefficient (Wildman–Crippen LogP) is 9.39. The first kappa shape index (κ1) is 31.1. The molecule has 0 atom stereocenters. The van der Waals surface area contributed by atoms with Gasteiger partial charge in [0.05, 0.1) is 6.16 Å². The van der Waals surface area contributed by atoms with Crippen molar-refractivity contribution in [3.05, 3.63) is 84.9 Å². The van der Waals surface area contributed by atoms with Gasteiger partial charge in [-0.3, -0.25) is 4.79 Å². The van der Waals surface area contributed by atoms with Gasteiger partial charge in [-0.2, -0.15) is 0 Å². The highest BCUT2D eigenvalue weighted by atomic mass is 31.2. The summed E-state index contributed by atoms with van der Waals surface area (Å²) in [5, 5.41) is 4.20. The van der Waals surface area contributed by atoms with Crippen molar-refractivity contribution in [3.63, 3.8) is 0 Å². The fourth-order valence-electron chi connectivity index (χ4n) is 5.68. The van der Waals surface area contributed by atoms with Gasteiger partial charge in [-0.15, -0.1) is 0 Å². The lowest BCUT2D eigenvalue weighted by Crippen LogP contribution is -2.33. The Kier molecular flexibility index (Phi) is 14.4. The van der Waals surface area contributed by atoms with Crippen molar-refractivity contribution in [3.8, 4) is 5.75 Å². The first-order valence-corrected chi connectivity index (χ1v) is 17.4. The van der Waals surface area contributed by atoms with Gasteiger partial charge in [0.25, 0.3) is 0 Å². The van der Waals surface area contributed by atoms with Crippen molar-refractivity contribution in [2.45, 2.75) is 104 Å². The summed E-state index contributed by atoms with van der Waals surface area (Å²) in [7, 11) is -1.83. The number of ether oxygens (including phenoxy) is 1. The van der Waals surface area contributed by atoms with Gasteiger partial charge in [0.2, 0.25) is 0 Å². The van der Waals surface area contributed by atoms with Crippen LogP contribution in [0.4, 0.5) is 0 Å². The highest BCUT2D eigenvalue weighted by Gasteiger charge is 2.44. The molecule has 0 heterocycles. The number of rotatable bonds is 19. The number of hydrogen-bond acceptors (Lipinski definition) is 2. The van der Waals surface area contributed by atoms with E-state index in [0.29, 0.717) is 5.75 Å². The molecule has 0 saturated heterocycles. The number of hydrogen-bond donors (Lipinski definition) is 0. The minimum absolute atomic E-state index is 0.280. The van der Waals surface area contributed by atoms with Gasteiger partial charge in [-0.1, -0.05) is 120 Å². The van der Waals surface area contributed by atoms with Crippen molar-refractivity contribution in [2.75, 3.05) is 6.16 Å². The third kappa shape index (κ3) is 10.2. The van der Waals surface area contributed by atoms with Crippen molar-refractivity contribution in [1.29, 1.82) is 0 Å². The van der Waals surface area contributed by atoms with Crippen LogP contribution in [0.25, 0.3) is 0 Å². The summed E-state index contributed by atoms with van der Waals surface area (Å²) in [5.41, 5.74) is 0. The molecular weight excluding hydrogens is 495 g/mol. The Labute approximate surface area is 238 Å². The van der Waals surface area contributed by atoms with Gasteiger partial charge in [0.1, 0.15) is 28.9 Å². The van der Waals surface area contributed by atoms with Gasteiger partial charge >= 0.3 is 5.97 Å². The van der Waals surface area contributed by atoms with Crippen molar-refractivity contribution < 1.29 is 9.53 Å². The first-order valence-electron chi connectivity index (χ1n) is 15.4. The van der Waals surface area contributed by atoms with Crippen LogP contribution in [0.2, 0.25) is 0 Å². The zero-order valence-electron chi connectivity index (χ0n) is 24.5. The van der Waals surface area contributed by atoms with Crippen LogP contribution < -0.4 is 20.7 Å². The molecule has 2 nitrogen and oxygen atoms in total. The fraction of sp³-hybridized carbons (Fsp3) is 0.472. The smallest absolute Gasteiger partial charge is 0.308 e. The molecule has 0 amide bonds. The summed E-state index contributed by atoms with van der Waals surface area (Å²) >= 11 is 0. The molecule has 0 saturated carbocycles. The highest BCUT2D eigenvalue weighted by Crippen LogP contribution is 2.56. The molecule has 0 aliphatic carbocycles. The maximum absolute atomic E-state index is 11.5. The molecule has 0 spiro atoms. The number of esters is 1. The van der Waals surface area contributed by atoms with Crippen molar-refractivity contribution in [1.82, 2.24) is 0 Å². The van der Waals surface area contributed by atoms with E-state index in [0.717, 1.165) is 6.16 Å². The normalized spacial score (nSPS) is 11.4. The molecule has 3 heteroatoms. The van der Waals surface area contributed by atoms with Crippen LogP contribution in [0.3, 0.4) is 0 Å². The molecule has 0 fully saturated rings. The van der Waals surface area contributed by atoms with Crippen LogP contribution in [0.15, 0.2) is 84.9 Å². The second-order valence-electron chi connectivity index (χ2n) is 10.9. The molecule has 0 radical (unpaired) electrons. The maximum atomic E-state index is 11.5. The molecular formula is C36H50O2P+. The molecule has 3 aromatic rings. The summed E-state index contributed by atoms with van der Waals surface area (Å²) in [6.07, 6.45) is 20.4. The molecule has 0 aliphatic rings. The number of benzene rings is 3. The van der Waals surface area contributed by atoms with Crippen LogP contribution in [-0.2, 0) is 4.79 Å². The standard InChI is InChI=1S/C36H50O2P/c1-3-4-5-6-7-8-9-10-11-12-13-14-15-22-31-39(34-23-18-16-19-24-34,35-25-20-17-21-26-35)36-29-27-33(28-30-36)38-32(2)37/h16-21,23-30H,3-15,22,31H2,1-2H3/q+1. The van der Waals surface area contributed by atoms with Crippen LogP contribution in [0, 0.1) is 0 Å². The monoisotopic (exact) mass is 545 g/mol. The fourth-order valence-corrected chi connectivity index (χ4v) is 10.1. The number of carbonyl (C=O) groups excluding carboxylic acids is 1. The maximum Gasteiger partial charge on any atom is 0.308 e. The molecule has 3 aromatic carbocycles. The van der Waals surface area contributed by atoms with E-state index in [2.05, 4.69) is 79.7 Å².